The molecule has 3 N–H and O–H groups in total. The maximum atomic E-state index is 12.5. The number of likely N-dealkylation sites (N-methyl/N-ethyl adjacent to an activating group) is 1. The minimum atomic E-state index is -0.517. The van der Waals surface area contributed by atoms with Gasteiger partial charge >= 0.3 is 0 Å². The van der Waals surface area contributed by atoms with E-state index in [1.807, 2.05) is 0 Å². The van der Waals surface area contributed by atoms with Gasteiger partial charge in [-0.05, 0) is 50.2 Å². The van der Waals surface area contributed by atoms with Gasteiger partial charge in [0, 0.05) is 27.1 Å². The number of aromatic hydroxyl groups is 3. The first-order chi connectivity index (χ1) is 12.3. The highest BCUT2D eigenvalue weighted by atomic mass is 16.3. The molecular weight excluding hydrogens is 336 g/mol. The molecule has 0 spiro atoms. The van der Waals surface area contributed by atoms with Crippen LogP contribution < -0.4 is 0 Å². The number of hydrogen-bond acceptors (Lipinski definition) is 5. The van der Waals surface area contributed by atoms with Crippen molar-refractivity contribution in [2.75, 3.05) is 20.6 Å². The maximum absolute atomic E-state index is 12.5. The predicted octanol–water partition coefficient (Wildman–Crippen LogP) is 1.99. The van der Waals surface area contributed by atoms with Crippen molar-refractivity contribution in [3.05, 3.63) is 17.7 Å². The average Bonchev–Trinajstić information content (AvgIpc) is 2.64. The maximum Gasteiger partial charge on any atom is 0.244 e. The summed E-state index contributed by atoms with van der Waals surface area (Å²) in [5, 5.41) is 28.7. The number of rotatable bonds is 6. The molecule has 144 valence electrons. The molecule has 7 nitrogen and oxygen atoms in total. The van der Waals surface area contributed by atoms with E-state index in [4.69, 9.17) is 0 Å². The molecule has 26 heavy (non-hydrogen) atoms. The second-order valence-electron chi connectivity index (χ2n) is 6.98. The van der Waals surface area contributed by atoms with Crippen LogP contribution in [0.5, 0.6) is 17.2 Å². The number of hydrogen-bond donors (Lipinski definition) is 3. The Kier molecular flexibility index (Phi) is 6.71. The van der Waals surface area contributed by atoms with Gasteiger partial charge in [0.25, 0.3) is 0 Å². The van der Waals surface area contributed by atoms with Gasteiger partial charge in [0.05, 0.1) is 0 Å². The van der Waals surface area contributed by atoms with Crippen LogP contribution >= 0.6 is 0 Å². The van der Waals surface area contributed by atoms with Gasteiger partial charge in [0.2, 0.25) is 17.6 Å². The smallest absolute Gasteiger partial charge is 0.244 e. The molecule has 2 amide bonds. The molecule has 0 radical (unpaired) electrons. The molecule has 1 atom stereocenters. The van der Waals surface area contributed by atoms with Crippen molar-refractivity contribution in [3.63, 3.8) is 0 Å². The molecule has 0 saturated carbocycles. The lowest BCUT2D eigenvalue weighted by Gasteiger charge is -2.36. The number of unbranched alkanes of at least 4 members (excludes halogenated alkanes) is 1. The van der Waals surface area contributed by atoms with E-state index in [9.17, 15) is 24.9 Å². The van der Waals surface area contributed by atoms with Crippen LogP contribution in [-0.4, -0.2) is 63.6 Å². The first-order valence-corrected chi connectivity index (χ1v) is 9.06. The van der Waals surface area contributed by atoms with Crippen LogP contribution in [0.1, 0.15) is 44.1 Å². The Labute approximate surface area is 153 Å². The Morgan fingerprint density at radius 3 is 2.54 bits per heavy atom. The first kappa shape index (κ1) is 19.9. The lowest BCUT2D eigenvalue weighted by molar-refractivity contribution is -0.146. The van der Waals surface area contributed by atoms with Crippen LogP contribution in [0.2, 0.25) is 0 Å². The van der Waals surface area contributed by atoms with E-state index < -0.39 is 5.75 Å². The second-order valence-corrected chi connectivity index (χ2v) is 6.98. The summed E-state index contributed by atoms with van der Waals surface area (Å²) in [6.07, 6.45) is 4.71. The van der Waals surface area contributed by atoms with E-state index in [0.717, 1.165) is 12.8 Å². The Balaban J connectivity index is 1.86. The second kappa shape index (κ2) is 8.78. The van der Waals surface area contributed by atoms with Crippen molar-refractivity contribution in [2.24, 2.45) is 0 Å². The topological polar surface area (TPSA) is 101 Å². The number of carbonyl (C=O) groups excluding carboxylic acids is 2. The summed E-state index contributed by atoms with van der Waals surface area (Å²) in [5.41, 5.74) is 0.534. The number of carbonyl (C=O) groups is 2. The van der Waals surface area contributed by atoms with Gasteiger partial charge in [-0.1, -0.05) is 6.07 Å². The molecule has 1 aliphatic rings. The van der Waals surface area contributed by atoms with Crippen molar-refractivity contribution in [2.45, 2.75) is 51.0 Å². The van der Waals surface area contributed by atoms with Crippen LogP contribution in [0.3, 0.4) is 0 Å². The molecule has 1 saturated heterocycles. The van der Waals surface area contributed by atoms with Gasteiger partial charge in [0.15, 0.2) is 11.5 Å². The zero-order valence-electron chi connectivity index (χ0n) is 15.4. The number of likely N-dealkylation sites (tertiary alicyclic amines) is 1. The summed E-state index contributed by atoms with van der Waals surface area (Å²) in [5.74, 6) is -1.23. The third-order valence-corrected chi connectivity index (χ3v) is 4.85. The summed E-state index contributed by atoms with van der Waals surface area (Å²) in [7, 11) is 3.41. The third kappa shape index (κ3) is 4.59. The molecule has 1 aliphatic heterocycles. The fourth-order valence-corrected chi connectivity index (χ4v) is 3.33. The van der Waals surface area contributed by atoms with E-state index in [2.05, 4.69) is 0 Å². The number of phenols is 3. The Hall–Kier alpha value is -2.44. The minimum Gasteiger partial charge on any atom is -0.504 e. The predicted molar refractivity (Wildman–Crippen MR) is 97.0 cm³/mol. The van der Waals surface area contributed by atoms with Gasteiger partial charge in [-0.3, -0.25) is 9.59 Å². The number of nitrogens with zero attached hydrogens (tertiary/aromatic N) is 2. The molecule has 1 aromatic rings. The van der Waals surface area contributed by atoms with Gasteiger partial charge in [-0.2, -0.15) is 0 Å². The molecule has 0 aliphatic carbocycles. The molecule has 1 fully saturated rings. The van der Waals surface area contributed by atoms with Crippen molar-refractivity contribution >= 4 is 11.8 Å². The van der Waals surface area contributed by atoms with Crippen molar-refractivity contribution in [1.29, 1.82) is 0 Å². The number of phenolic OH excluding ortho intramolecular Hbond substituents is 3. The van der Waals surface area contributed by atoms with Gasteiger partial charge in [-0.25, -0.2) is 0 Å². The van der Waals surface area contributed by atoms with Crippen LogP contribution in [0.4, 0.5) is 0 Å². The van der Waals surface area contributed by atoms with Crippen molar-refractivity contribution in [1.82, 2.24) is 9.80 Å². The fraction of sp³-hybridized carbons (Fsp3) is 0.579. The van der Waals surface area contributed by atoms with E-state index in [0.29, 0.717) is 44.2 Å². The Morgan fingerprint density at radius 2 is 1.85 bits per heavy atom. The molecule has 2 rings (SSSR count). The molecular formula is C19H28N2O5. The quantitative estimate of drug-likeness (QED) is 0.529. The van der Waals surface area contributed by atoms with Crippen molar-refractivity contribution < 1.29 is 24.9 Å². The van der Waals surface area contributed by atoms with Crippen LogP contribution in [0, 0.1) is 0 Å². The lowest BCUT2D eigenvalue weighted by Crippen LogP contribution is -2.51. The highest BCUT2D eigenvalue weighted by Gasteiger charge is 2.32. The molecule has 0 aromatic heterocycles. The van der Waals surface area contributed by atoms with Crippen molar-refractivity contribution in [3.8, 4) is 17.2 Å². The standard InChI is InChI=1S/C19H28N2O5/c1-20(2)19(26)14-8-5-6-12-21(14)16(23)9-4-3-7-13-10-11-15(22)18(25)17(13)24/h10-11,14,22,24-25H,3-9,12H2,1-2H3. The van der Waals surface area contributed by atoms with Crippen LogP contribution in [0.25, 0.3) is 0 Å². The summed E-state index contributed by atoms with van der Waals surface area (Å²) in [4.78, 5) is 28.1. The van der Waals surface area contributed by atoms with E-state index in [1.54, 1.807) is 25.1 Å². The Bertz CT molecular complexity index is 660. The lowest BCUT2D eigenvalue weighted by atomic mass is 9.99. The fourth-order valence-electron chi connectivity index (χ4n) is 3.33. The number of benzene rings is 1. The average molecular weight is 364 g/mol. The number of aryl methyl sites for hydroxylation is 1. The SMILES string of the molecule is CN(C)C(=O)C1CCCCN1C(=O)CCCCc1ccc(O)c(O)c1O. The number of amides is 2. The summed E-state index contributed by atoms with van der Waals surface area (Å²) in [6.45, 7) is 0.621. The molecule has 7 heteroatoms. The normalized spacial score (nSPS) is 17.2. The summed E-state index contributed by atoms with van der Waals surface area (Å²) < 4.78 is 0. The van der Waals surface area contributed by atoms with Crippen LogP contribution in [-0.2, 0) is 16.0 Å². The third-order valence-electron chi connectivity index (χ3n) is 4.85. The summed E-state index contributed by atoms with van der Waals surface area (Å²) in [6, 6.07) is 2.54. The molecule has 0 bridgehead atoms. The first-order valence-electron chi connectivity index (χ1n) is 9.06. The van der Waals surface area contributed by atoms with Gasteiger partial charge in [-0.15, -0.1) is 0 Å². The van der Waals surface area contributed by atoms with Gasteiger partial charge in [0.1, 0.15) is 6.04 Å². The zero-order valence-corrected chi connectivity index (χ0v) is 15.4. The molecule has 1 unspecified atom stereocenters. The monoisotopic (exact) mass is 364 g/mol. The van der Waals surface area contributed by atoms with Gasteiger partial charge < -0.3 is 25.1 Å². The zero-order chi connectivity index (χ0) is 19.3. The van der Waals surface area contributed by atoms with Crippen LogP contribution in [0.15, 0.2) is 12.1 Å². The largest absolute Gasteiger partial charge is 0.504 e. The van der Waals surface area contributed by atoms with E-state index in [-0.39, 0.29) is 29.4 Å². The highest BCUT2D eigenvalue weighted by molar-refractivity contribution is 5.87. The Morgan fingerprint density at radius 1 is 1.12 bits per heavy atom. The molecule has 1 heterocycles. The summed E-state index contributed by atoms with van der Waals surface area (Å²) >= 11 is 0. The van der Waals surface area contributed by atoms with E-state index in [1.165, 1.54) is 11.0 Å². The molecule has 1 aromatic carbocycles. The highest BCUT2D eigenvalue weighted by Crippen LogP contribution is 2.37. The number of piperidine rings is 1. The van der Waals surface area contributed by atoms with E-state index >= 15 is 0 Å². The minimum absolute atomic E-state index is 0.0114.